The number of aliphatic carboxylic acids is 1. The van der Waals surface area contributed by atoms with Gasteiger partial charge in [0.05, 0.1) is 0 Å². The summed E-state index contributed by atoms with van der Waals surface area (Å²) < 4.78 is 41.5. The van der Waals surface area contributed by atoms with Crippen molar-refractivity contribution < 1.29 is 28.1 Å². The maximum absolute atomic E-state index is 13.9. The van der Waals surface area contributed by atoms with E-state index in [9.17, 15) is 23.1 Å². The van der Waals surface area contributed by atoms with Crippen LogP contribution < -0.4 is 10.7 Å². The molecule has 0 bridgehead atoms. The zero-order chi connectivity index (χ0) is 17.9. The van der Waals surface area contributed by atoms with Crippen molar-refractivity contribution in [2.75, 3.05) is 0 Å². The third-order valence-corrected chi connectivity index (χ3v) is 3.58. The molecule has 0 aromatic heterocycles. The molecule has 124 valence electrons. The lowest BCUT2D eigenvalue weighted by molar-refractivity contribution is -0.358. The van der Waals surface area contributed by atoms with E-state index in [0.717, 1.165) is 10.7 Å². The predicted molar refractivity (Wildman–Crippen MR) is 85.1 cm³/mol. The topological polar surface area (TPSA) is 77.3 Å². The Balaban J connectivity index is 2.71. The molecule has 0 spiro atoms. The molecule has 2 aromatic rings. The molecule has 0 fully saturated rings. The lowest BCUT2D eigenvalue weighted by Gasteiger charge is -2.04. The Morgan fingerprint density at radius 3 is 2.12 bits per heavy atom. The maximum atomic E-state index is 13.9. The van der Waals surface area contributed by atoms with Gasteiger partial charge in [-0.3, -0.25) is 0 Å². The molecule has 0 saturated heterocycles. The standard InChI is InChI=1S/C16H10BrF3N2O2/c17-9-3-1-8(2-4-9)14(11(7-21)16(23)24)22-15-12(19)5-10(18)6-13(15)20/h1-7H,21H2,(H,23,24)/p+1. The first kappa shape index (κ1) is 17.7. The van der Waals surface area contributed by atoms with Gasteiger partial charge in [-0.1, -0.05) is 15.9 Å². The number of rotatable bonds is 4. The Morgan fingerprint density at radius 2 is 1.67 bits per heavy atom. The summed E-state index contributed by atoms with van der Waals surface area (Å²) in [7, 11) is 0. The lowest BCUT2D eigenvalue weighted by atomic mass is 10.0. The summed E-state index contributed by atoms with van der Waals surface area (Å²) in [6.07, 6.45) is 0.798. The average molecular weight is 400 g/mol. The Kier molecular flexibility index (Phi) is 5.40. The monoisotopic (exact) mass is 399 g/mol. The Bertz CT molecular complexity index is 826. The van der Waals surface area contributed by atoms with Crippen molar-refractivity contribution >= 4 is 33.3 Å². The van der Waals surface area contributed by atoms with Crippen molar-refractivity contribution in [3.63, 3.8) is 0 Å². The van der Waals surface area contributed by atoms with E-state index in [1.54, 1.807) is 12.1 Å². The first-order chi connectivity index (χ1) is 11.3. The van der Waals surface area contributed by atoms with Gasteiger partial charge in [0.15, 0.2) is 11.6 Å². The van der Waals surface area contributed by atoms with E-state index in [1.807, 2.05) is 0 Å². The van der Waals surface area contributed by atoms with Gasteiger partial charge in [-0.2, -0.15) is 13.8 Å². The highest BCUT2D eigenvalue weighted by atomic mass is 79.9. The van der Waals surface area contributed by atoms with E-state index in [2.05, 4.69) is 20.9 Å². The number of hydrogen-bond donors (Lipinski definition) is 3. The molecule has 4 nitrogen and oxygen atoms in total. The largest absolute Gasteiger partial charge is 0.477 e. The second kappa shape index (κ2) is 7.31. The fourth-order valence-electron chi connectivity index (χ4n) is 1.96. The molecule has 2 rings (SSSR count). The predicted octanol–water partition coefficient (Wildman–Crippen LogP) is 2.00. The summed E-state index contributed by atoms with van der Waals surface area (Å²) in [5.74, 6) is -4.90. The van der Waals surface area contributed by atoms with Crippen molar-refractivity contribution in [2.45, 2.75) is 0 Å². The van der Waals surface area contributed by atoms with Crippen LogP contribution in [-0.2, 0) is 4.79 Å². The van der Waals surface area contributed by atoms with Gasteiger partial charge < -0.3 is 10.8 Å². The van der Waals surface area contributed by atoms with Gasteiger partial charge in [-0.15, -0.1) is 0 Å². The first-order valence-electron chi connectivity index (χ1n) is 6.53. The summed E-state index contributed by atoms with van der Waals surface area (Å²) >= 11 is 3.23. The van der Waals surface area contributed by atoms with Gasteiger partial charge in [0.1, 0.15) is 11.4 Å². The molecule has 24 heavy (non-hydrogen) atoms. The number of halogens is 4. The van der Waals surface area contributed by atoms with Gasteiger partial charge in [-0.25, -0.2) is 9.18 Å². The molecule has 0 atom stereocenters. The highest BCUT2D eigenvalue weighted by Crippen LogP contribution is 2.16. The number of benzene rings is 2. The van der Waals surface area contributed by atoms with Crippen molar-refractivity contribution in [1.29, 1.82) is 0 Å². The van der Waals surface area contributed by atoms with Crippen LogP contribution in [-0.4, -0.2) is 16.8 Å². The van der Waals surface area contributed by atoms with E-state index < -0.39 is 34.7 Å². The molecule has 0 radical (unpaired) electrons. The zero-order valence-electron chi connectivity index (χ0n) is 12.0. The van der Waals surface area contributed by atoms with Crippen LogP contribution in [0.5, 0.6) is 0 Å². The fourth-order valence-corrected chi connectivity index (χ4v) is 2.22. The van der Waals surface area contributed by atoms with Crippen LogP contribution in [0.4, 0.5) is 18.9 Å². The third kappa shape index (κ3) is 3.83. The SMILES string of the molecule is NC=C(C(=O)O)C(=[NH+]c1c(F)cc(F)cc1F)c1ccc(Br)cc1. The second-order valence-electron chi connectivity index (χ2n) is 4.64. The van der Waals surface area contributed by atoms with Gasteiger partial charge in [-0.05, 0) is 24.3 Å². The summed E-state index contributed by atoms with van der Waals surface area (Å²) in [6.45, 7) is 0. The minimum atomic E-state index is -1.40. The van der Waals surface area contributed by atoms with E-state index in [4.69, 9.17) is 5.73 Å². The van der Waals surface area contributed by atoms with Gasteiger partial charge >= 0.3 is 5.97 Å². The van der Waals surface area contributed by atoms with Crippen molar-refractivity contribution in [2.24, 2.45) is 5.73 Å². The normalized spacial score (nSPS) is 12.3. The van der Waals surface area contributed by atoms with E-state index in [0.29, 0.717) is 17.7 Å². The Morgan fingerprint density at radius 1 is 1.12 bits per heavy atom. The van der Waals surface area contributed by atoms with Crippen LogP contribution in [0.25, 0.3) is 0 Å². The summed E-state index contributed by atoms with van der Waals surface area (Å²) in [5.41, 5.74) is 4.43. The smallest absolute Gasteiger partial charge is 0.344 e. The maximum Gasteiger partial charge on any atom is 0.344 e. The third-order valence-electron chi connectivity index (χ3n) is 3.06. The molecule has 0 aliphatic rings. The quantitative estimate of drug-likeness (QED) is 0.543. The van der Waals surface area contributed by atoms with Crippen molar-refractivity contribution in [3.05, 3.63) is 75.7 Å². The van der Waals surface area contributed by atoms with Gasteiger partial charge in [0.25, 0.3) is 5.69 Å². The summed E-state index contributed by atoms with van der Waals surface area (Å²) in [6, 6.07) is 7.25. The fraction of sp³-hybridized carbons (Fsp3) is 0. The van der Waals surface area contributed by atoms with E-state index in [-0.39, 0.29) is 5.71 Å². The van der Waals surface area contributed by atoms with Gasteiger partial charge in [0, 0.05) is 28.4 Å². The number of hydrogen-bond acceptors (Lipinski definition) is 2. The molecule has 0 unspecified atom stereocenters. The molecule has 0 amide bonds. The molecule has 0 aliphatic carbocycles. The molecule has 0 heterocycles. The molecular formula is C16H11BrF3N2O2+. The average Bonchev–Trinajstić information content (AvgIpc) is 2.50. The van der Waals surface area contributed by atoms with Crippen LogP contribution in [0.2, 0.25) is 0 Å². The molecular weight excluding hydrogens is 389 g/mol. The van der Waals surface area contributed by atoms with Gasteiger partial charge in [0.2, 0.25) is 5.71 Å². The Labute approximate surface area is 143 Å². The van der Waals surface area contributed by atoms with Crippen LogP contribution in [0, 0.1) is 17.5 Å². The van der Waals surface area contributed by atoms with Crippen LogP contribution in [0.15, 0.2) is 52.6 Å². The van der Waals surface area contributed by atoms with E-state index >= 15 is 0 Å². The molecule has 8 heteroatoms. The van der Waals surface area contributed by atoms with Crippen LogP contribution >= 0.6 is 15.9 Å². The Hall–Kier alpha value is -2.61. The number of carbonyl (C=O) groups is 1. The number of nitrogens with two attached hydrogens (primary N) is 1. The minimum Gasteiger partial charge on any atom is -0.477 e. The summed E-state index contributed by atoms with van der Waals surface area (Å²) in [4.78, 5) is 13.7. The van der Waals surface area contributed by atoms with E-state index in [1.165, 1.54) is 12.1 Å². The van der Waals surface area contributed by atoms with Crippen LogP contribution in [0.3, 0.4) is 0 Å². The highest BCUT2D eigenvalue weighted by Gasteiger charge is 2.26. The molecule has 0 saturated carbocycles. The molecule has 4 N–H and O–H groups in total. The number of carboxylic acids is 1. The summed E-state index contributed by atoms with van der Waals surface area (Å²) in [5, 5.41) is 9.25. The highest BCUT2D eigenvalue weighted by molar-refractivity contribution is 9.10. The minimum absolute atomic E-state index is 0.137. The molecule has 2 aromatic carbocycles. The van der Waals surface area contributed by atoms with Crippen LogP contribution in [0.1, 0.15) is 5.56 Å². The molecule has 0 aliphatic heterocycles. The second-order valence-corrected chi connectivity index (χ2v) is 5.55. The van der Waals surface area contributed by atoms with Crippen molar-refractivity contribution in [3.8, 4) is 0 Å². The zero-order valence-corrected chi connectivity index (χ0v) is 13.6. The lowest BCUT2D eigenvalue weighted by Crippen LogP contribution is -2.68. The number of carboxylic acid groups (broad SMARTS) is 1. The van der Waals surface area contributed by atoms with Crippen molar-refractivity contribution in [1.82, 2.24) is 0 Å². The first-order valence-corrected chi connectivity index (χ1v) is 7.32. The number of nitrogens with one attached hydrogen (secondary N) is 1.